The van der Waals surface area contributed by atoms with Gasteiger partial charge in [0.2, 0.25) is 5.67 Å². The van der Waals surface area contributed by atoms with Gasteiger partial charge >= 0.3 is 18.1 Å². The maximum atomic E-state index is 14.2. The number of halogens is 4. The molecule has 0 aliphatic heterocycles. The second-order valence-corrected chi connectivity index (χ2v) is 5.28. The molecule has 0 spiro atoms. The number of carbonyl (C=O) groups is 2. The third-order valence-electron chi connectivity index (χ3n) is 3.22. The quantitative estimate of drug-likeness (QED) is 0.535. The molecule has 124 valence electrons. The topological polar surface area (TPSA) is 52.6 Å². The van der Waals surface area contributed by atoms with Crippen molar-refractivity contribution in [3.05, 3.63) is 0 Å². The van der Waals surface area contributed by atoms with Crippen LogP contribution >= 0.6 is 0 Å². The molecule has 0 aromatic carbocycles. The number of carbonyl (C=O) groups excluding carboxylic acids is 2. The van der Waals surface area contributed by atoms with Crippen LogP contribution in [-0.2, 0) is 19.1 Å². The number of ether oxygens (including phenoxy) is 2. The fourth-order valence-electron chi connectivity index (χ4n) is 1.79. The van der Waals surface area contributed by atoms with Gasteiger partial charge in [-0.15, -0.1) is 0 Å². The first-order chi connectivity index (χ1) is 9.38. The van der Waals surface area contributed by atoms with Crippen molar-refractivity contribution in [1.82, 2.24) is 0 Å². The molecule has 2 atom stereocenters. The number of hydrogen-bond donors (Lipinski definition) is 0. The Morgan fingerprint density at radius 3 is 1.95 bits per heavy atom. The predicted octanol–water partition coefficient (Wildman–Crippen LogP) is 3.19. The summed E-state index contributed by atoms with van der Waals surface area (Å²) in [6, 6.07) is 0. The maximum Gasteiger partial charge on any atom is 0.392 e. The van der Waals surface area contributed by atoms with Crippen LogP contribution in [0, 0.1) is 5.41 Å². The van der Waals surface area contributed by atoms with Crippen molar-refractivity contribution in [3.63, 3.8) is 0 Å². The highest BCUT2D eigenvalue weighted by atomic mass is 19.4. The summed E-state index contributed by atoms with van der Waals surface area (Å²) >= 11 is 0. The molecule has 0 rings (SSSR count). The Morgan fingerprint density at radius 1 is 1.05 bits per heavy atom. The van der Waals surface area contributed by atoms with Gasteiger partial charge in [0, 0.05) is 6.42 Å². The van der Waals surface area contributed by atoms with E-state index in [-0.39, 0.29) is 6.42 Å². The van der Waals surface area contributed by atoms with Crippen LogP contribution in [0.5, 0.6) is 0 Å². The number of rotatable bonds is 7. The molecule has 0 aromatic heterocycles. The smallest absolute Gasteiger partial charge is 0.392 e. The predicted molar refractivity (Wildman–Crippen MR) is 66.2 cm³/mol. The Morgan fingerprint density at radius 2 is 1.57 bits per heavy atom. The first-order valence-electron chi connectivity index (χ1n) is 6.39. The highest BCUT2D eigenvalue weighted by molar-refractivity contribution is 5.82. The van der Waals surface area contributed by atoms with Crippen molar-refractivity contribution in [2.24, 2.45) is 5.41 Å². The van der Waals surface area contributed by atoms with Crippen LogP contribution in [0.15, 0.2) is 0 Å². The number of methoxy groups -OCH3 is 1. The van der Waals surface area contributed by atoms with Crippen LogP contribution in [0.3, 0.4) is 0 Å². The van der Waals surface area contributed by atoms with Gasteiger partial charge in [0.05, 0.1) is 25.6 Å². The van der Waals surface area contributed by atoms with Crippen LogP contribution in [0.4, 0.5) is 17.6 Å². The Bertz CT molecular complexity index is 379. The van der Waals surface area contributed by atoms with Gasteiger partial charge in [0.25, 0.3) is 0 Å². The normalized spacial score (nSPS) is 17.5. The van der Waals surface area contributed by atoms with E-state index in [0.29, 0.717) is 0 Å². The fourth-order valence-corrected chi connectivity index (χ4v) is 1.79. The van der Waals surface area contributed by atoms with Crippen molar-refractivity contribution < 1.29 is 36.6 Å². The van der Waals surface area contributed by atoms with Crippen molar-refractivity contribution in [2.75, 3.05) is 13.7 Å². The van der Waals surface area contributed by atoms with E-state index in [4.69, 9.17) is 0 Å². The molecule has 0 N–H and O–H groups in total. The lowest BCUT2D eigenvalue weighted by atomic mass is 9.78. The molecule has 2 unspecified atom stereocenters. The molecule has 0 saturated carbocycles. The molecule has 0 aromatic rings. The van der Waals surface area contributed by atoms with E-state index in [2.05, 4.69) is 9.47 Å². The van der Waals surface area contributed by atoms with E-state index < -0.39 is 48.6 Å². The highest BCUT2D eigenvalue weighted by Crippen LogP contribution is 2.36. The Kier molecular flexibility index (Phi) is 6.63. The number of hydrogen-bond acceptors (Lipinski definition) is 4. The van der Waals surface area contributed by atoms with Gasteiger partial charge in [0.1, 0.15) is 0 Å². The molecular weight excluding hydrogens is 296 g/mol. The molecule has 0 bridgehead atoms. The standard InChI is InChI=1S/C13H20F4O4/c1-5-11(2,8-12(3,14)10(19)20-4)9(18)21-7-6-13(15,16)17/h5-8H2,1-4H3. The second-order valence-electron chi connectivity index (χ2n) is 5.28. The van der Waals surface area contributed by atoms with Gasteiger partial charge in [-0.05, 0) is 20.3 Å². The zero-order chi connectivity index (χ0) is 16.9. The van der Waals surface area contributed by atoms with Crippen molar-refractivity contribution in [1.29, 1.82) is 0 Å². The lowest BCUT2D eigenvalue weighted by Crippen LogP contribution is -2.41. The van der Waals surface area contributed by atoms with Crippen LogP contribution in [0.2, 0.25) is 0 Å². The fraction of sp³-hybridized carbons (Fsp3) is 0.846. The first-order valence-corrected chi connectivity index (χ1v) is 6.39. The van der Waals surface area contributed by atoms with Gasteiger partial charge in [-0.3, -0.25) is 4.79 Å². The lowest BCUT2D eigenvalue weighted by Gasteiger charge is -2.31. The van der Waals surface area contributed by atoms with E-state index in [1.54, 1.807) is 6.92 Å². The van der Waals surface area contributed by atoms with Crippen molar-refractivity contribution in [2.45, 2.75) is 51.9 Å². The van der Waals surface area contributed by atoms with E-state index >= 15 is 0 Å². The summed E-state index contributed by atoms with van der Waals surface area (Å²) in [5, 5.41) is 0. The average molecular weight is 316 g/mol. The minimum Gasteiger partial charge on any atom is -0.467 e. The number of esters is 2. The molecule has 0 saturated heterocycles. The van der Waals surface area contributed by atoms with Crippen molar-refractivity contribution in [3.8, 4) is 0 Å². The van der Waals surface area contributed by atoms with E-state index in [1.165, 1.54) is 6.92 Å². The molecule has 8 heteroatoms. The molecule has 0 fully saturated rings. The van der Waals surface area contributed by atoms with Crippen LogP contribution in [0.1, 0.15) is 40.0 Å². The van der Waals surface area contributed by atoms with Crippen molar-refractivity contribution >= 4 is 11.9 Å². The lowest BCUT2D eigenvalue weighted by molar-refractivity contribution is -0.171. The van der Waals surface area contributed by atoms with Crippen LogP contribution < -0.4 is 0 Å². The van der Waals surface area contributed by atoms with Gasteiger partial charge in [-0.2, -0.15) is 13.2 Å². The summed E-state index contributed by atoms with van der Waals surface area (Å²) in [5.74, 6) is -2.12. The Hall–Kier alpha value is -1.34. The van der Waals surface area contributed by atoms with Gasteiger partial charge in [0.15, 0.2) is 0 Å². The molecular formula is C13H20F4O4. The molecule has 4 nitrogen and oxygen atoms in total. The second kappa shape index (κ2) is 7.09. The molecule has 21 heavy (non-hydrogen) atoms. The third kappa shape index (κ3) is 6.31. The van der Waals surface area contributed by atoms with Crippen LogP contribution in [-0.4, -0.2) is 37.5 Å². The zero-order valence-corrected chi connectivity index (χ0v) is 12.5. The Labute approximate surface area is 120 Å². The molecule has 0 aliphatic rings. The molecule has 0 amide bonds. The molecule has 0 aliphatic carbocycles. The van der Waals surface area contributed by atoms with Gasteiger partial charge < -0.3 is 9.47 Å². The average Bonchev–Trinajstić information content (AvgIpc) is 2.35. The number of alkyl halides is 4. The largest absolute Gasteiger partial charge is 0.467 e. The van der Waals surface area contributed by atoms with E-state index in [1.807, 2.05) is 0 Å². The summed E-state index contributed by atoms with van der Waals surface area (Å²) < 4.78 is 59.0. The summed E-state index contributed by atoms with van der Waals surface area (Å²) in [4.78, 5) is 23.2. The maximum absolute atomic E-state index is 14.2. The summed E-state index contributed by atoms with van der Waals surface area (Å²) in [7, 11) is 1.01. The SMILES string of the molecule is CCC(C)(CC(C)(F)C(=O)OC)C(=O)OCCC(F)(F)F. The zero-order valence-electron chi connectivity index (χ0n) is 12.5. The Balaban J connectivity index is 4.78. The first kappa shape index (κ1) is 19.7. The third-order valence-corrected chi connectivity index (χ3v) is 3.22. The minimum absolute atomic E-state index is 0.106. The minimum atomic E-state index is -4.44. The van der Waals surface area contributed by atoms with Gasteiger partial charge in [-0.1, -0.05) is 6.92 Å². The van der Waals surface area contributed by atoms with Gasteiger partial charge in [-0.25, -0.2) is 9.18 Å². The monoisotopic (exact) mass is 316 g/mol. The summed E-state index contributed by atoms with van der Waals surface area (Å²) in [6.07, 6.45) is -6.14. The highest BCUT2D eigenvalue weighted by Gasteiger charge is 2.46. The summed E-state index contributed by atoms with van der Waals surface area (Å²) in [6.45, 7) is 3.01. The molecule has 0 radical (unpaired) electrons. The van der Waals surface area contributed by atoms with E-state index in [9.17, 15) is 27.2 Å². The summed E-state index contributed by atoms with van der Waals surface area (Å²) in [5.41, 5.74) is -3.84. The van der Waals surface area contributed by atoms with E-state index in [0.717, 1.165) is 14.0 Å². The van der Waals surface area contributed by atoms with Crippen LogP contribution in [0.25, 0.3) is 0 Å². The molecule has 0 heterocycles.